The summed E-state index contributed by atoms with van der Waals surface area (Å²) in [6.07, 6.45) is 2.74. The van der Waals surface area contributed by atoms with E-state index in [-0.39, 0.29) is 5.91 Å². The second kappa shape index (κ2) is 9.07. The van der Waals surface area contributed by atoms with Gasteiger partial charge in [0.1, 0.15) is 11.6 Å². The molecule has 2 aliphatic rings. The molecule has 2 saturated heterocycles. The Morgan fingerprint density at radius 3 is 2.38 bits per heavy atom. The van der Waals surface area contributed by atoms with Crippen LogP contribution in [0.1, 0.15) is 12.2 Å². The number of aryl methyl sites for hydroxylation is 1. The molecular weight excluding hydrogens is 406 g/mol. The van der Waals surface area contributed by atoms with Crippen molar-refractivity contribution in [1.82, 2.24) is 34.6 Å². The highest BCUT2D eigenvalue weighted by Crippen LogP contribution is 2.16. The minimum atomic E-state index is 0.151. The first kappa shape index (κ1) is 20.6. The molecule has 0 aliphatic carbocycles. The highest BCUT2D eigenvalue weighted by Gasteiger charge is 2.22. The van der Waals surface area contributed by atoms with Crippen molar-refractivity contribution in [1.29, 1.82) is 0 Å². The first-order valence-electron chi connectivity index (χ1n) is 11.3. The first-order valence-corrected chi connectivity index (χ1v) is 11.3. The highest BCUT2D eigenvalue weighted by atomic mass is 16.2. The lowest BCUT2D eigenvalue weighted by Crippen LogP contribution is -2.49. The summed E-state index contributed by atoms with van der Waals surface area (Å²) < 4.78 is 1.79. The van der Waals surface area contributed by atoms with Crippen molar-refractivity contribution in [2.45, 2.75) is 12.8 Å². The number of likely N-dealkylation sites (N-methyl/N-ethyl adjacent to an activating group) is 1. The molecule has 0 aromatic carbocycles. The minimum Gasteiger partial charge on any atom is -0.353 e. The van der Waals surface area contributed by atoms with Gasteiger partial charge in [-0.2, -0.15) is 4.52 Å². The van der Waals surface area contributed by atoms with E-state index in [4.69, 9.17) is 5.10 Å². The van der Waals surface area contributed by atoms with Gasteiger partial charge < -0.3 is 19.6 Å². The van der Waals surface area contributed by atoms with E-state index in [9.17, 15) is 4.79 Å². The van der Waals surface area contributed by atoms with E-state index in [1.165, 1.54) is 0 Å². The summed E-state index contributed by atoms with van der Waals surface area (Å²) in [6, 6.07) is 9.88. The van der Waals surface area contributed by atoms with Gasteiger partial charge in [0.15, 0.2) is 11.5 Å². The fraction of sp³-hybridized carbons (Fsp3) is 0.500. The molecule has 3 aromatic heterocycles. The molecule has 0 unspecified atom stereocenters. The zero-order chi connectivity index (χ0) is 21.9. The van der Waals surface area contributed by atoms with Gasteiger partial charge in [0.25, 0.3) is 0 Å². The Kier molecular flexibility index (Phi) is 5.85. The summed E-state index contributed by atoms with van der Waals surface area (Å²) in [4.78, 5) is 26.0. The van der Waals surface area contributed by atoms with Crippen molar-refractivity contribution in [3.05, 3.63) is 42.4 Å². The Labute approximate surface area is 187 Å². The van der Waals surface area contributed by atoms with Crippen molar-refractivity contribution < 1.29 is 4.79 Å². The number of hydrogen-bond acceptors (Lipinski definition) is 8. The second-order valence-electron chi connectivity index (χ2n) is 8.42. The van der Waals surface area contributed by atoms with Crippen LogP contribution in [0, 0.1) is 0 Å². The first-order chi connectivity index (χ1) is 15.7. The van der Waals surface area contributed by atoms with Crippen LogP contribution in [0.2, 0.25) is 0 Å². The maximum absolute atomic E-state index is 12.8. The maximum Gasteiger partial charge on any atom is 0.223 e. The molecule has 0 saturated carbocycles. The molecule has 0 atom stereocenters. The van der Waals surface area contributed by atoms with Crippen LogP contribution in [-0.2, 0) is 11.2 Å². The molecule has 168 valence electrons. The zero-order valence-corrected chi connectivity index (χ0v) is 18.5. The molecule has 5 rings (SSSR count). The topological polar surface area (TPSA) is 86.0 Å². The van der Waals surface area contributed by atoms with Gasteiger partial charge in [0.05, 0.1) is 0 Å². The second-order valence-corrected chi connectivity index (χ2v) is 8.42. The van der Waals surface area contributed by atoms with Gasteiger partial charge >= 0.3 is 0 Å². The van der Waals surface area contributed by atoms with E-state index in [0.717, 1.165) is 56.7 Å². The van der Waals surface area contributed by atoms with E-state index >= 15 is 0 Å². The Balaban J connectivity index is 1.19. The van der Waals surface area contributed by atoms with Crippen LogP contribution < -0.4 is 9.80 Å². The number of carbonyl (C=O) groups excluding carboxylic acids is 1. The lowest BCUT2D eigenvalue weighted by molar-refractivity contribution is -0.131. The zero-order valence-electron chi connectivity index (χ0n) is 18.5. The standard InChI is InChI=1S/C22H29N9O/c1-27-10-12-29(13-11-27)21-6-5-19-24-25-20(31(19)26-21)7-8-22(32)30-16-14-28(15-17-30)18-4-2-3-9-23-18/h2-6,9H,7-8,10-17H2,1H3. The number of piperazine rings is 2. The summed E-state index contributed by atoms with van der Waals surface area (Å²) in [5.41, 5.74) is 0.717. The molecule has 0 spiro atoms. The largest absolute Gasteiger partial charge is 0.353 e. The third-order valence-electron chi connectivity index (χ3n) is 6.31. The fourth-order valence-corrected chi connectivity index (χ4v) is 4.29. The monoisotopic (exact) mass is 435 g/mol. The number of anilines is 2. The summed E-state index contributed by atoms with van der Waals surface area (Å²) in [5, 5.41) is 13.3. The molecule has 2 fully saturated rings. The van der Waals surface area contributed by atoms with Gasteiger partial charge in [0, 0.05) is 71.4 Å². The third-order valence-corrected chi connectivity index (χ3v) is 6.31. The molecule has 10 nitrogen and oxygen atoms in total. The maximum atomic E-state index is 12.8. The Bertz CT molecular complexity index is 1050. The van der Waals surface area contributed by atoms with Crippen LogP contribution in [0.3, 0.4) is 0 Å². The van der Waals surface area contributed by atoms with Crippen molar-refractivity contribution in [3.8, 4) is 0 Å². The van der Waals surface area contributed by atoms with Gasteiger partial charge in [-0.15, -0.1) is 15.3 Å². The highest BCUT2D eigenvalue weighted by molar-refractivity contribution is 5.76. The predicted octanol–water partition coefficient (Wildman–Crippen LogP) is 0.553. The number of amides is 1. The molecular formula is C22H29N9O. The smallest absolute Gasteiger partial charge is 0.223 e. The van der Waals surface area contributed by atoms with Crippen LogP contribution in [0.15, 0.2) is 36.5 Å². The van der Waals surface area contributed by atoms with E-state index in [1.807, 2.05) is 35.2 Å². The van der Waals surface area contributed by atoms with Gasteiger partial charge in [0.2, 0.25) is 5.91 Å². The molecule has 10 heteroatoms. The number of pyridine rings is 1. The summed E-state index contributed by atoms with van der Waals surface area (Å²) >= 11 is 0. The molecule has 2 aliphatic heterocycles. The fourth-order valence-electron chi connectivity index (χ4n) is 4.29. The average molecular weight is 436 g/mol. The molecule has 0 radical (unpaired) electrons. The normalized spacial score (nSPS) is 17.8. The molecule has 32 heavy (non-hydrogen) atoms. The van der Waals surface area contributed by atoms with Crippen LogP contribution in [0.4, 0.5) is 11.6 Å². The Hall–Kier alpha value is -3.27. The third kappa shape index (κ3) is 4.36. The molecule has 1 amide bonds. The molecule has 5 heterocycles. The van der Waals surface area contributed by atoms with E-state index in [0.29, 0.717) is 31.6 Å². The van der Waals surface area contributed by atoms with Gasteiger partial charge in [-0.25, -0.2) is 4.98 Å². The number of rotatable bonds is 5. The number of aromatic nitrogens is 5. The van der Waals surface area contributed by atoms with Crippen molar-refractivity contribution in [2.24, 2.45) is 0 Å². The summed E-state index contributed by atoms with van der Waals surface area (Å²) in [6.45, 7) is 6.97. The number of fused-ring (bicyclic) bond motifs is 1. The van der Waals surface area contributed by atoms with E-state index < -0.39 is 0 Å². The van der Waals surface area contributed by atoms with E-state index in [1.54, 1.807) is 10.7 Å². The number of carbonyl (C=O) groups is 1. The lowest BCUT2D eigenvalue weighted by Gasteiger charge is -2.35. The average Bonchev–Trinajstić information content (AvgIpc) is 3.26. The SMILES string of the molecule is CN1CCN(c2ccc3nnc(CCC(=O)N4CCN(c5ccccn5)CC4)n3n2)CC1. The van der Waals surface area contributed by atoms with Crippen LogP contribution in [0.5, 0.6) is 0 Å². The Morgan fingerprint density at radius 1 is 0.875 bits per heavy atom. The Morgan fingerprint density at radius 2 is 1.62 bits per heavy atom. The van der Waals surface area contributed by atoms with Gasteiger partial charge in [-0.05, 0) is 31.3 Å². The molecule has 0 bridgehead atoms. The van der Waals surface area contributed by atoms with Crippen LogP contribution in [0.25, 0.3) is 5.65 Å². The van der Waals surface area contributed by atoms with Gasteiger partial charge in [-0.3, -0.25) is 4.79 Å². The summed E-state index contributed by atoms with van der Waals surface area (Å²) in [7, 11) is 2.14. The quantitative estimate of drug-likeness (QED) is 0.575. The van der Waals surface area contributed by atoms with Crippen molar-refractivity contribution in [2.75, 3.05) is 69.2 Å². The van der Waals surface area contributed by atoms with Crippen LogP contribution >= 0.6 is 0 Å². The van der Waals surface area contributed by atoms with Gasteiger partial charge in [-0.1, -0.05) is 6.07 Å². The minimum absolute atomic E-state index is 0.151. The lowest BCUT2D eigenvalue weighted by atomic mass is 10.2. The predicted molar refractivity (Wildman–Crippen MR) is 122 cm³/mol. The molecule has 0 N–H and O–H groups in total. The van der Waals surface area contributed by atoms with Crippen molar-refractivity contribution >= 4 is 23.2 Å². The number of hydrogen-bond donors (Lipinski definition) is 0. The number of nitrogens with zero attached hydrogens (tertiary/aromatic N) is 9. The van der Waals surface area contributed by atoms with Crippen LogP contribution in [-0.4, -0.2) is 99.9 Å². The van der Waals surface area contributed by atoms with E-state index in [2.05, 4.69) is 36.9 Å². The van der Waals surface area contributed by atoms with Crippen molar-refractivity contribution in [3.63, 3.8) is 0 Å². The summed E-state index contributed by atoms with van der Waals surface area (Å²) in [5.74, 6) is 2.79. The molecule has 3 aromatic rings.